The number of hydrogen-bond donors (Lipinski definition) is 6. The highest BCUT2D eigenvalue weighted by Gasteiger charge is 2.25. The van der Waals surface area contributed by atoms with Crippen molar-refractivity contribution >= 4 is 50.3 Å². The largest absolute Gasteiger partial charge is 0.465 e. The van der Waals surface area contributed by atoms with Gasteiger partial charge >= 0.3 is 12.2 Å². The molecule has 2 aromatic rings. The quantitative estimate of drug-likeness (QED) is 0.214. The molecule has 1 aromatic heterocycles. The van der Waals surface area contributed by atoms with Crippen molar-refractivity contribution in [3.8, 4) is 0 Å². The van der Waals surface area contributed by atoms with E-state index in [-0.39, 0.29) is 5.91 Å². The second kappa shape index (κ2) is 12.9. The Kier molecular flexibility index (Phi) is 9.84. The first-order valence-corrected chi connectivity index (χ1v) is 14.3. The third-order valence-electron chi connectivity index (χ3n) is 5.68. The average Bonchev–Trinajstić information content (AvgIpc) is 3.17. The van der Waals surface area contributed by atoms with Crippen LogP contribution in [0.5, 0.6) is 0 Å². The minimum absolute atomic E-state index is 0.213. The van der Waals surface area contributed by atoms with Gasteiger partial charge in [0.1, 0.15) is 0 Å². The Morgan fingerprint density at radius 2 is 1.63 bits per heavy atom. The van der Waals surface area contributed by atoms with E-state index in [1.807, 2.05) is 22.8 Å². The van der Waals surface area contributed by atoms with E-state index in [1.165, 1.54) is 28.8 Å². The number of sulfonamides is 1. The second-order valence-corrected chi connectivity index (χ2v) is 11.7. The fourth-order valence-corrected chi connectivity index (χ4v) is 5.80. The highest BCUT2D eigenvalue weighted by atomic mass is 32.2. The molecule has 1 fully saturated rings. The number of nitrogens with one attached hydrogen (secondary N) is 4. The van der Waals surface area contributed by atoms with E-state index < -0.39 is 28.5 Å². The summed E-state index contributed by atoms with van der Waals surface area (Å²) in [5.41, 5.74) is 2.34. The van der Waals surface area contributed by atoms with E-state index >= 15 is 0 Å². The van der Waals surface area contributed by atoms with Crippen LogP contribution in [-0.2, 0) is 34.2 Å². The first-order chi connectivity index (χ1) is 17.9. The summed E-state index contributed by atoms with van der Waals surface area (Å²) < 4.78 is 25.1. The van der Waals surface area contributed by atoms with Crippen molar-refractivity contribution in [3.63, 3.8) is 0 Å². The number of benzene rings is 1. The minimum Gasteiger partial charge on any atom is -0.465 e. The average molecular weight is 570 g/mol. The standard InChI is InChI=1S/C22H31N7O7S2/c1-14(30)23-20-25-17(18(37-20)13-28-9-11-29(12-10-28)38(2,35)36)8-5-15-3-6-16(7-4-15)24-19(26-21(31)32)27-22(33)34/h3-4,6-7,19,24,26-27H,5,8-13H2,1-2H3,(H,31,32)(H,33,34)(H,23,25,30). The summed E-state index contributed by atoms with van der Waals surface area (Å²) in [6.45, 7) is 4.07. The summed E-state index contributed by atoms with van der Waals surface area (Å²) in [6.07, 6.45) is -1.54. The molecule has 2 heterocycles. The lowest BCUT2D eigenvalue weighted by atomic mass is 10.1. The number of aromatic nitrogens is 1. The summed E-state index contributed by atoms with van der Waals surface area (Å²) in [5, 5.41) is 27.8. The molecule has 0 bridgehead atoms. The molecule has 0 unspecified atom stereocenters. The van der Waals surface area contributed by atoms with Crippen LogP contribution in [0, 0.1) is 0 Å². The summed E-state index contributed by atoms with van der Waals surface area (Å²) in [6, 6.07) is 7.10. The monoisotopic (exact) mass is 569 g/mol. The molecule has 3 rings (SSSR count). The van der Waals surface area contributed by atoms with Gasteiger partial charge < -0.3 is 20.8 Å². The molecule has 0 aliphatic carbocycles. The number of hydrogen-bond acceptors (Lipinski definition) is 9. The SMILES string of the molecule is CC(=O)Nc1nc(CCc2ccc(NC(NC(=O)O)NC(=O)O)cc2)c(CN2CCN(S(C)(=O)=O)CC2)s1. The zero-order valence-electron chi connectivity index (χ0n) is 20.9. The number of anilines is 2. The van der Waals surface area contributed by atoms with Crippen LogP contribution in [0.1, 0.15) is 23.1 Å². The Labute approximate surface area is 224 Å². The van der Waals surface area contributed by atoms with Gasteiger partial charge in [-0.05, 0) is 30.5 Å². The number of aryl methyl sites for hydroxylation is 2. The van der Waals surface area contributed by atoms with E-state index in [1.54, 1.807) is 12.1 Å². The maximum atomic E-state index is 11.8. The number of nitrogens with zero attached hydrogens (tertiary/aromatic N) is 3. The van der Waals surface area contributed by atoms with Gasteiger partial charge in [-0.15, -0.1) is 11.3 Å². The van der Waals surface area contributed by atoms with Gasteiger partial charge in [-0.2, -0.15) is 4.31 Å². The van der Waals surface area contributed by atoms with E-state index in [2.05, 4.69) is 20.5 Å². The molecule has 6 N–H and O–H groups in total. The molecule has 0 radical (unpaired) electrons. The fraction of sp³-hybridized carbons (Fsp3) is 0.455. The second-order valence-electron chi connectivity index (χ2n) is 8.68. The number of carboxylic acid groups (broad SMARTS) is 2. The molecule has 1 aromatic carbocycles. The topological polar surface area (TPSA) is 193 Å². The number of piperazine rings is 1. The fourth-order valence-electron chi connectivity index (χ4n) is 3.88. The predicted molar refractivity (Wildman–Crippen MR) is 142 cm³/mol. The van der Waals surface area contributed by atoms with Gasteiger partial charge in [0.25, 0.3) is 0 Å². The molecule has 0 saturated carbocycles. The van der Waals surface area contributed by atoms with Crippen LogP contribution >= 0.6 is 11.3 Å². The molecular formula is C22H31N7O7S2. The maximum Gasteiger partial charge on any atom is 0.407 e. The zero-order valence-corrected chi connectivity index (χ0v) is 22.6. The van der Waals surface area contributed by atoms with E-state index in [0.717, 1.165) is 16.1 Å². The van der Waals surface area contributed by atoms with Crippen molar-refractivity contribution in [1.29, 1.82) is 0 Å². The highest BCUT2D eigenvalue weighted by molar-refractivity contribution is 7.88. The number of carbonyl (C=O) groups excluding carboxylic acids is 1. The Morgan fingerprint density at radius 1 is 1.03 bits per heavy atom. The normalized spacial score (nSPS) is 14.7. The zero-order chi connectivity index (χ0) is 27.9. The number of amides is 3. The summed E-state index contributed by atoms with van der Waals surface area (Å²) >= 11 is 1.41. The maximum absolute atomic E-state index is 11.8. The number of carbonyl (C=O) groups is 3. The van der Waals surface area contributed by atoms with Crippen LogP contribution in [0.2, 0.25) is 0 Å². The highest BCUT2D eigenvalue weighted by Crippen LogP contribution is 2.27. The van der Waals surface area contributed by atoms with Gasteiger partial charge in [0.05, 0.1) is 11.9 Å². The Balaban J connectivity index is 1.64. The van der Waals surface area contributed by atoms with Crippen LogP contribution in [0.25, 0.3) is 0 Å². The lowest BCUT2D eigenvalue weighted by Gasteiger charge is -2.33. The molecule has 208 valence electrons. The van der Waals surface area contributed by atoms with Crippen molar-refractivity contribution < 1.29 is 33.0 Å². The summed E-state index contributed by atoms with van der Waals surface area (Å²) in [5.74, 6) is -0.213. The molecule has 16 heteroatoms. The van der Waals surface area contributed by atoms with Gasteiger partial charge in [0.2, 0.25) is 15.9 Å². The molecule has 1 aliphatic heterocycles. The molecule has 14 nitrogen and oxygen atoms in total. The van der Waals surface area contributed by atoms with Crippen LogP contribution in [0.4, 0.5) is 20.4 Å². The lowest BCUT2D eigenvalue weighted by Crippen LogP contribution is -2.52. The molecule has 1 aliphatic rings. The van der Waals surface area contributed by atoms with E-state index in [0.29, 0.717) is 56.4 Å². The van der Waals surface area contributed by atoms with Crippen molar-refractivity contribution in [3.05, 3.63) is 40.4 Å². The van der Waals surface area contributed by atoms with Crippen molar-refractivity contribution in [1.82, 2.24) is 24.8 Å². The Bertz CT molecular complexity index is 1230. The first kappa shape index (κ1) is 29.1. The Morgan fingerprint density at radius 3 is 2.16 bits per heavy atom. The van der Waals surface area contributed by atoms with Gasteiger partial charge in [0.15, 0.2) is 11.4 Å². The van der Waals surface area contributed by atoms with Crippen molar-refractivity contribution in [2.45, 2.75) is 32.6 Å². The lowest BCUT2D eigenvalue weighted by molar-refractivity contribution is -0.114. The van der Waals surface area contributed by atoms with Crippen LogP contribution < -0.4 is 21.3 Å². The van der Waals surface area contributed by atoms with Crippen LogP contribution in [0.3, 0.4) is 0 Å². The first-order valence-electron chi connectivity index (χ1n) is 11.7. The Hall–Kier alpha value is -3.47. The summed E-state index contributed by atoms with van der Waals surface area (Å²) in [4.78, 5) is 41.1. The molecule has 38 heavy (non-hydrogen) atoms. The van der Waals surface area contributed by atoms with E-state index in [9.17, 15) is 22.8 Å². The molecule has 0 spiro atoms. The van der Waals surface area contributed by atoms with Crippen LogP contribution in [0.15, 0.2) is 24.3 Å². The van der Waals surface area contributed by atoms with E-state index in [4.69, 9.17) is 10.2 Å². The van der Waals surface area contributed by atoms with Crippen molar-refractivity contribution in [2.75, 3.05) is 43.1 Å². The van der Waals surface area contributed by atoms with Gasteiger partial charge in [0, 0.05) is 50.2 Å². The third kappa shape index (κ3) is 9.13. The number of thiazole rings is 1. The molecule has 0 atom stereocenters. The van der Waals surface area contributed by atoms with Crippen molar-refractivity contribution in [2.24, 2.45) is 0 Å². The molecule has 1 saturated heterocycles. The molecule has 3 amide bonds. The molecular weight excluding hydrogens is 538 g/mol. The summed E-state index contributed by atoms with van der Waals surface area (Å²) in [7, 11) is -3.21. The van der Waals surface area contributed by atoms with Crippen LogP contribution in [-0.4, -0.2) is 89.6 Å². The minimum atomic E-state index is -3.21. The number of rotatable bonds is 11. The van der Waals surface area contributed by atoms with Gasteiger partial charge in [-0.25, -0.2) is 23.0 Å². The third-order valence-corrected chi connectivity index (χ3v) is 7.98. The van der Waals surface area contributed by atoms with Gasteiger partial charge in [-0.3, -0.25) is 20.3 Å². The van der Waals surface area contributed by atoms with Gasteiger partial charge in [-0.1, -0.05) is 12.1 Å². The predicted octanol–water partition coefficient (Wildman–Crippen LogP) is 1.19. The smallest absolute Gasteiger partial charge is 0.407 e.